The number of aliphatic hydroxyl groups is 1. The van der Waals surface area contributed by atoms with E-state index in [1.54, 1.807) is 0 Å². The molecule has 0 spiro atoms. The van der Waals surface area contributed by atoms with Crippen LogP contribution in [0.1, 0.15) is 10.4 Å². The van der Waals surface area contributed by atoms with Gasteiger partial charge < -0.3 is 15.2 Å². The lowest BCUT2D eigenvalue weighted by Gasteiger charge is -2.10. The molecule has 1 unspecified atom stereocenters. The molecule has 0 saturated carbocycles. The van der Waals surface area contributed by atoms with E-state index in [0.29, 0.717) is 0 Å². The molecule has 0 radical (unpaired) electrons. The number of rotatable bonds is 4. The van der Waals surface area contributed by atoms with Gasteiger partial charge in [-0.2, -0.15) is 0 Å². The number of benzene rings is 1. The molecule has 0 fully saturated rings. The summed E-state index contributed by atoms with van der Waals surface area (Å²) in [5.74, 6) is -2.03. The second-order valence-corrected chi connectivity index (χ2v) is 4.14. The fraction of sp³-hybridized carbons (Fsp3) is 0.273. The van der Waals surface area contributed by atoms with Gasteiger partial charge in [0.1, 0.15) is 5.82 Å². The largest absolute Gasteiger partial charge is 0.467 e. The minimum Gasteiger partial charge on any atom is -0.467 e. The molecule has 0 aromatic heterocycles. The zero-order valence-electron chi connectivity index (χ0n) is 9.44. The number of ether oxygens (including phenoxy) is 1. The molecule has 1 aromatic rings. The van der Waals surface area contributed by atoms with Crippen molar-refractivity contribution in [2.75, 3.05) is 13.7 Å². The van der Waals surface area contributed by atoms with E-state index in [0.717, 1.165) is 7.11 Å². The maximum absolute atomic E-state index is 13.2. The number of amides is 1. The van der Waals surface area contributed by atoms with Crippen LogP contribution in [-0.4, -0.2) is 36.7 Å². The van der Waals surface area contributed by atoms with E-state index < -0.39 is 23.8 Å². The van der Waals surface area contributed by atoms with Crippen LogP contribution in [-0.2, 0) is 9.53 Å². The van der Waals surface area contributed by atoms with Crippen molar-refractivity contribution in [3.05, 3.63) is 34.1 Å². The number of halogens is 2. The highest BCUT2D eigenvalue weighted by molar-refractivity contribution is 9.10. The number of carbonyl (C=O) groups excluding carboxylic acids is 2. The maximum atomic E-state index is 13.2. The number of hydrogen-bond donors (Lipinski definition) is 2. The van der Waals surface area contributed by atoms with Crippen LogP contribution >= 0.6 is 15.9 Å². The van der Waals surface area contributed by atoms with E-state index in [2.05, 4.69) is 26.0 Å². The fourth-order valence-electron chi connectivity index (χ4n) is 1.18. The molecular weight excluding hydrogens is 309 g/mol. The lowest BCUT2D eigenvalue weighted by molar-refractivity contribution is -0.149. The van der Waals surface area contributed by atoms with Crippen molar-refractivity contribution < 1.29 is 23.8 Å². The molecule has 2 N–H and O–H groups in total. The summed E-state index contributed by atoms with van der Waals surface area (Å²) in [6.07, 6.45) is -1.45. The number of aliphatic hydroxyl groups excluding tert-OH is 1. The Morgan fingerprint density at radius 1 is 1.56 bits per heavy atom. The van der Waals surface area contributed by atoms with E-state index in [1.807, 2.05) is 0 Å². The van der Waals surface area contributed by atoms with Crippen LogP contribution in [0.15, 0.2) is 22.7 Å². The van der Waals surface area contributed by atoms with Crippen LogP contribution < -0.4 is 5.32 Å². The summed E-state index contributed by atoms with van der Waals surface area (Å²) in [5, 5.41) is 11.6. The monoisotopic (exact) mass is 319 g/mol. The number of methoxy groups -OCH3 is 1. The first-order valence-corrected chi connectivity index (χ1v) is 5.74. The summed E-state index contributed by atoms with van der Waals surface area (Å²) in [6, 6.07) is 3.99. The molecule has 98 valence electrons. The van der Waals surface area contributed by atoms with Crippen molar-refractivity contribution >= 4 is 27.8 Å². The number of esters is 1. The van der Waals surface area contributed by atoms with Gasteiger partial charge >= 0.3 is 5.97 Å². The Kier molecular flexibility index (Phi) is 5.24. The summed E-state index contributed by atoms with van der Waals surface area (Å²) >= 11 is 2.94. The van der Waals surface area contributed by atoms with Crippen molar-refractivity contribution in [1.82, 2.24) is 5.32 Å². The van der Waals surface area contributed by atoms with Gasteiger partial charge in [-0.3, -0.25) is 4.79 Å². The molecular formula is C11H11BrFNO4. The predicted molar refractivity (Wildman–Crippen MR) is 64.5 cm³/mol. The summed E-state index contributed by atoms with van der Waals surface area (Å²) in [6.45, 7) is -0.311. The van der Waals surface area contributed by atoms with Gasteiger partial charge in [-0.05, 0) is 28.1 Å². The van der Waals surface area contributed by atoms with E-state index in [9.17, 15) is 19.1 Å². The SMILES string of the molecule is COC(=O)C(O)CNC(=O)c1cccc(F)c1Br. The van der Waals surface area contributed by atoms with Crippen molar-refractivity contribution in [3.63, 3.8) is 0 Å². The Labute approximate surface area is 111 Å². The van der Waals surface area contributed by atoms with Gasteiger partial charge in [0.2, 0.25) is 0 Å². The highest BCUT2D eigenvalue weighted by Gasteiger charge is 2.18. The number of nitrogens with one attached hydrogen (secondary N) is 1. The smallest absolute Gasteiger partial charge is 0.336 e. The van der Waals surface area contributed by atoms with Gasteiger partial charge in [0, 0.05) is 0 Å². The van der Waals surface area contributed by atoms with Crippen molar-refractivity contribution in [1.29, 1.82) is 0 Å². The van der Waals surface area contributed by atoms with Crippen LogP contribution in [0.2, 0.25) is 0 Å². The molecule has 0 aliphatic heterocycles. The predicted octanol–water partition coefficient (Wildman–Crippen LogP) is 0.852. The van der Waals surface area contributed by atoms with Gasteiger partial charge in [0.15, 0.2) is 6.10 Å². The van der Waals surface area contributed by atoms with Gasteiger partial charge in [-0.15, -0.1) is 0 Å². The van der Waals surface area contributed by atoms with E-state index in [4.69, 9.17) is 0 Å². The summed E-state index contributed by atoms with van der Waals surface area (Å²) < 4.78 is 17.5. The van der Waals surface area contributed by atoms with Crippen LogP contribution in [0.4, 0.5) is 4.39 Å². The third-order valence-electron chi connectivity index (χ3n) is 2.13. The van der Waals surface area contributed by atoms with Gasteiger partial charge in [-0.25, -0.2) is 9.18 Å². The molecule has 0 aliphatic carbocycles. The molecule has 1 aromatic carbocycles. The normalized spacial score (nSPS) is 11.8. The van der Waals surface area contributed by atoms with E-state index in [1.165, 1.54) is 18.2 Å². The third kappa shape index (κ3) is 3.51. The Balaban J connectivity index is 2.66. The zero-order valence-corrected chi connectivity index (χ0v) is 11.0. The fourth-order valence-corrected chi connectivity index (χ4v) is 1.63. The van der Waals surface area contributed by atoms with Crippen LogP contribution in [0.5, 0.6) is 0 Å². The third-order valence-corrected chi connectivity index (χ3v) is 2.93. The van der Waals surface area contributed by atoms with E-state index >= 15 is 0 Å². The highest BCUT2D eigenvalue weighted by Crippen LogP contribution is 2.20. The number of hydrogen-bond acceptors (Lipinski definition) is 4. The minimum absolute atomic E-state index is 0.0232. The zero-order chi connectivity index (χ0) is 13.7. The molecule has 7 heteroatoms. The molecule has 1 atom stereocenters. The standard InChI is InChI=1S/C11H11BrFNO4/c1-18-11(17)8(15)5-14-10(16)6-3-2-4-7(13)9(6)12/h2-4,8,15H,5H2,1H3,(H,14,16). The topological polar surface area (TPSA) is 75.6 Å². The van der Waals surface area contributed by atoms with Crippen molar-refractivity contribution in [2.45, 2.75) is 6.10 Å². The summed E-state index contributed by atoms with van der Waals surface area (Å²) in [7, 11) is 1.12. The highest BCUT2D eigenvalue weighted by atomic mass is 79.9. The van der Waals surface area contributed by atoms with Gasteiger partial charge in [-0.1, -0.05) is 6.07 Å². The number of carbonyl (C=O) groups is 2. The lowest BCUT2D eigenvalue weighted by atomic mass is 10.2. The Bertz CT molecular complexity index is 466. The first-order valence-electron chi connectivity index (χ1n) is 4.95. The quantitative estimate of drug-likeness (QED) is 0.807. The van der Waals surface area contributed by atoms with Crippen molar-refractivity contribution in [3.8, 4) is 0 Å². The molecule has 0 bridgehead atoms. The van der Waals surface area contributed by atoms with Crippen LogP contribution in [0.3, 0.4) is 0 Å². The Hall–Kier alpha value is -1.47. The molecule has 18 heavy (non-hydrogen) atoms. The summed E-state index contributed by atoms with van der Waals surface area (Å²) in [4.78, 5) is 22.6. The first kappa shape index (κ1) is 14.6. The average Bonchev–Trinajstić information content (AvgIpc) is 2.37. The Morgan fingerprint density at radius 3 is 2.83 bits per heavy atom. The van der Waals surface area contributed by atoms with Crippen molar-refractivity contribution in [2.24, 2.45) is 0 Å². The minimum atomic E-state index is -1.45. The lowest BCUT2D eigenvalue weighted by Crippen LogP contribution is -2.37. The molecule has 0 saturated heterocycles. The molecule has 1 amide bonds. The molecule has 0 heterocycles. The van der Waals surface area contributed by atoms with Crippen LogP contribution in [0.25, 0.3) is 0 Å². The van der Waals surface area contributed by atoms with Gasteiger partial charge in [0.05, 0.1) is 23.7 Å². The first-order chi connectivity index (χ1) is 8.47. The second kappa shape index (κ2) is 6.46. The van der Waals surface area contributed by atoms with Crippen LogP contribution in [0, 0.1) is 5.82 Å². The maximum Gasteiger partial charge on any atom is 0.336 e. The van der Waals surface area contributed by atoms with E-state index in [-0.39, 0.29) is 16.6 Å². The Morgan fingerprint density at radius 2 is 2.22 bits per heavy atom. The molecule has 1 rings (SSSR count). The average molecular weight is 320 g/mol. The second-order valence-electron chi connectivity index (χ2n) is 3.35. The van der Waals surface area contributed by atoms with Gasteiger partial charge in [0.25, 0.3) is 5.91 Å². The molecule has 0 aliphatic rings. The molecule has 5 nitrogen and oxygen atoms in total. The summed E-state index contributed by atoms with van der Waals surface area (Å²) in [5.41, 5.74) is 0.0760.